The lowest BCUT2D eigenvalue weighted by atomic mass is 10.0. The van der Waals surface area contributed by atoms with Crippen LogP contribution in [-0.2, 0) is 6.42 Å². The van der Waals surface area contributed by atoms with Gasteiger partial charge in [-0.2, -0.15) is 0 Å². The van der Waals surface area contributed by atoms with Crippen molar-refractivity contribution in [3.8, 4) is 5.75 Å². The highest BCUT2D eigenvalue weighted by Crippen LogP contribution is 2.31. The molecule has 2 aromatic heterocycles. The molecule has 0 aliphatic carbocycles. The van der Waals surface area contributed by atoms with Crippen molar-refractivity contribution in [3.63, 3.8) is 0 Å². The summed E-state index contributed by atoms with van der Waals surface area (Å²) in [5.41, 5.74) is 1.90. The van der Waals surface area contributed by atoms with Crippen molar-refractivity contribution in [1.29, 1.82) is 0 Å². The van der Waals surface area contributed by atoms with E-state index in [2.05, 4.69) is 26.7 Å². The van der Waals surface area contributed by atoms with Crippen LogP contribution in [0.4, 0.5) is 0 Å². The van der Waals surface area contributed by atoms with Gasteiger partial charge in [0, 0.05) is 37.3 Å². The maximum Gasteiger partial charge on any atom is 0.191 e. The number of aliphatic hydroxyl groups excluding tert-OH is 1. The molecule has 30 heavy (non-hydrogen) atoms. The van der Waals surface area contributed by atoms with Gasteiger partial charge in [-0.1, -0.05) is 18.2 Å². The first kappa shape index (κ1) is 20.0. The molecule has 1 aliphatic heterocycles. The van der Waals surface area contributed by atoms with Gasteiger partial charge in [0.15, 0.2) is 5.96 Å². The van der Waals surface area contributed by atoms with Crippen LogP contribution >= 0.6 is 0 Å². The molecule has 3 aromatic rings. The normalized spacial score (nSPS) is 17.0. The van der Waals surface area contributed by atoms with Crippen LogP contribution < -0.4 is 15.4 Å². The minimum atomic E-state index is -0.696. The van der Waals surface area contributed by atoms with Crippen molar-refractivity contribution >= 4 is 5.96 Å². The minimum absolute atomic E-state index is 0.0860. The Labute approximate surface area is 175 Å². The highest BCUT2D eigenvalue weighted by atomic mass is 16.5. The molecule has 0 saturated carbocycles. The molecule has 7 nitrogen and oxygen atoms in total. The number of aromatic nitrogens is 1. The van der Waals surface area contributed by atoms with Crippen LogP contribution in [0, 0.1) is 0 Å². The zero-order valence-corrected chi connectivity index (χ0v) is 16.7. The molecule has 2 atom stereocenters. The molecule has 3 heterocycles. The van der Waals surface area contributed by atoms with Crippen molar-refractivity contribution in [2.24, 2.45) is 4.99 Å². The van der Waals surface area contributed by atoms with Gasteiger partial charge in [0.25, 0.3) is 0 Å². The van der Waals surface area contributed by atoms with E-state index in [1.807, 2.05) is 30.3 Å². The van der Waals surface area contributed by atoms with E-state index < -0.39 is 6.10 Å². The molecule has 4 rings (SSSR count). The standard InChI is InChI=1S/C23H26N4O3/c28-21(17-7-11-24-12-8-17)16-26-23(25-13-9-18-4-3-14-29-18)27-20-10-15-30-22-6-2-1-5-19(20)22/h1-8,11-12,14,20-21,28H,9-10,13,15-16H2,(H2,25,26,27). The van der Waals surface area contributed by atoms with E-state index in [9.17, 15) is 5.11 Å². The Kier molecular flexibility index (Phi) is 6.61. The van der Waals surface area contributed by atoms with E-state index in [0.29, 0.717) is 19.1 Å². The number of nitrogens with one attached hydrogen (secondary N) is 2. The van der Waals surface area contributed by atoms with Crippen LogP contribution in [0.15, 0.2) is 76.6 Å². The summed E-state index contributed by atoms with van der Waals surface area (Å²) in [5, 5.41) is 17.3. The summed E-state index contributed by atoms with van der Waals surface area (Å²) in [6.07, 6.45) is 5.89. The second-order valence-corrected chi connectivity index (χ2v) is 7.11. The third-order valence-corrected chi connectivity index (χ3v) is 5.03. The Bertz CT molecular complexity index is 944. The molecule has 1 aromatic carbocycles. The molecular weight excluding hydrogens is 380 g/mol. The largest absolute Gasteiger partial charge is 0.493 e. The van der Waals surface area contributed by atoms with Crippen LogP contribution in [0.25, 0.3) is 0 Å². The fourth-order valence-electron chi connectivity index (χ4n) is 3.44. The minimum Gasteiger partial charge on any atom is -0.493 e. The molecule has 0 bridgehead atoms. The lowest BCUT2D eigenvalue weighted by Crippen LogP contribution is -2.42. The molecule has 0 fully saturated rings. The number of para-hydroxylation sites is 1. The zero-order valence-electron chi connectivity index (χ0n) is 16.7. The fourth-order valence-corrected chi connectivity index (χ4v) is 3.44. The number of hydrogen-bond donors (Lipinski definition) is 3. The Hall–Kier alpha value is -3.32. The number of rotatable bonds is 7. The number of ether oxygens (including phenoxy) is 1. The van der Waals surface area contributed by atoms with E-state index in [1.54, 1.807) is 30.8 Å². The van der Waals surface area contributed by atoms with E-state index in [4.69, 9.17) is 9.15 Å². The van der Waals surface area contributed by atoms with Crippen LogP contribution in [0.5, 0.6) is 5.75 Å². The number of guanidine groups is 1. The molecule has 0 saturated heterocycles. The quantitative estimate of drug-likeness (QED) is 0.413. The highest BCUT2D eigenvalue weighted by molar-refractivity contribution is 5.80. The highest BCUT2D eigenvalue weighted by Gasteiger charge is 2.22. The lowest BCUT2D eigenvalue weighted by Gasteiger charge is -2.28. The monoisotopic (exact) mass is 406 g/mol. The van der Waals surface area contributed by atoms with Crippen molar-refractivity contribution in [2.75, 3.05) is 19.7 Å². The molecule has 2 unspecified atom stereocenters. The number of furan rings is 1. The number of nitrogens with zero attached hydrogens (tertiary/aromatic N) is 2. The molecule has 7 heteroatoms. The van der Waals surface area contributed by atoms with Gasteiger partial charge < -0.3 is 24.9 Å². The summed E-state index contributed by atoms with van der Waals surface area (Å²) in [6, 6.07) is 15.6. The van der Waals surface area contributed by atoms with Crippen molar-refractivity contribution in [2.45, 2.75) is 25.0 Å². The number of aliphatic imine (C=N–C) groups is 1. The Morgan fingerprint density at radius 1 is 1.17 bits per heavy atom. The molecule has 3 N–H and O–H groups in total. The molecule has 0 amide bonds. The van der Waals surface area contributed by atoms with Gasteiger partial charge in [0.05, 0.1) is 31.6 Å². The first-order chi connectivity index (χ1) is 14.8. The number of fused-ring (bicyclic) bond motifs is 1. The Morgan fingerprint density at radius 2 is 2.03 bits per heavy atom. The summed E-state index contributed by atoms with van der Waals surface area (Å²) >= 11 is 0. The predicted molar refractivity (Wildman–Crippen MR) is 114 cm³/mol. The lowest BCUT2D eigenvalue weighted by molar-refractivity contribution is 0.187. The smallest absolute Gasteiger partial charge is 0.191 e. The van der Waals surface area contributed by atoms with Gasteiger partial charge in [0.1, 0.15) is 11.5 Å². The van der Waals surface area contributed by atoms with Crippen molar-refractivity contribution in [1.82, 2.24) is 15.6 Å². The van der Waals surface area contributed by atoms with Gasteiger partial charge in [-0.3, -0.25) is 9.98 Å². The maximum absolute atomic E-state index is 10.5. The van der Waals surface area contributed by atoms with Gasteiger partial charge >= 0.3 is 0 Å². The third kappa shape index (κ3) is 5.18. The van der Waals surface area contributed by atoms with E-state index >= 15 is 0 Å². The van der Waals surface area contributed by atoms with Crippen LogP contribution in [-0.4, -0.2) is 35.7 Å². The van der Waals surface area contributed by atoms with E-state index in [0.717, 1.165) is 35.5 Å². The first-order valence-electron chi connectivity index (χ1n) is 10.2. The van der Waals surface area contributed by atoms with Gasteiger partial charge in [-0.05, 0) is 35.9 Å². The average molecular weight is 406 g/mol. The van der Waals surface area contributed by atoms with Crippen LogP contribution in [0.3, 0.4) is 0 Å². The van der Waals surface area contributed by atoms with Gasteiger partial charge in [-0.15, -0.1) is 0 Å². The SMILES string of the molecule is OC(CN=C(NCCc1ccco1)NC1CCOc2ccccc21)c1ccncc1. The van der Waals surface area contributed by atoms with Crippen LogP contribution in [0.1, 0.15) is 35.5 Å². The summed E-state index contributed by atoms with van der Waals surface area (Å²) in [6.45, 7) is 1.55. The zero-order chi connectivity index (χ0) is 20.6. The summed E-state index contributed by atoms with van der Waals surface area (Å²) in [5.74, 6) is 2.46. The summed E-state index contributed by atoms with van der Waals surface area (Å²) in [4.78, 5) is 8.63. The second-order valence-electron chi connectivity index (χ2n) is 7.11. The maximum atomic E-state index is 10.5. The van der Waals surface area contributed by atoms with Gasteiger partial charge in [0.2, 0.25) is 0 Å². The number of benzene rings is 1. The van der Waals surface area contributed by atoms with E-state index in [-0.39, 0.29) is 12.6 Å². The molecular formula is C23H26N4O3. The Morgan fingerprint density at radius 3 is 2.87 bits per heavy atom. The van der Waals surface area contributed by atoms with Crippen LogP contribution in [0.2, 0.25) is 0 Å². The predicted octanol–water partition coefficient (Wildman–Crippen LogP) is 3.01. The summed E-state index contributed by atoms with van der Waals surface area (Å²) < 4.78 is 11.2. The topological polar surface area (TPSA) is 91.9 Å². The average Bonchev–Trinajstić information content (AvgIpc) is 3.31. The fraction of sp³-hybridized carbons (Fsp3) is 0.304. The molecule has 0 radical (unpaired) electrons. The number of pyridine rings is 1. The van der Waals surface area contributed by atoms with Crippen molar-refractivity contribution in [3.05, 3.63) is 84.1 Å². The Balaban J connectivity index is 1.45. The second kappa shape index (κ2) is 9.93. The van der Waals surface area contributed by atoms with Gasteiger partial charge in [-0.25, -0.2) is 0 Å². The third-order valence-electron chi connectivity index (χ3n) is 5.03. The van der Waals surface area contributed by atoms with Crippen molar-refractivity contribution < 1.29 is 14.3 Å². The number of hydrogen-bond acceptors (Lipinski definition) is 5. The first-order valence-corrected chi connectivity index (χ1v) is 10.2. The molecule has 0 spiro atoms. The number of aliphatic hydroxyl groups is 1. The molecule has 1 aliphatic rings. The van der Waals surface area contributed by atoms with E-state index in [1.165, 1.54) is 0 Å². The molecule has 156 valence electrons. The summed E-state index contributed by atoms with van der Waals surface area (Å²) in [7, 11) is 0.